The highest BCUT2D eigenvalue weighted by atomic mass is 127. The van der Waals surface area contributed by atoms with Crippen LogP contribution in [0, 0.1) is 35.7 Å². The van der Waals surface area contributed by atoms with Crippen molar-refractivity contribution in [1.29, 1.82) is 5.26 Å². The number of nitriles is 1. The van der Waals surface area contributed by atoms with E-state index in [1.807, 2.05) is 75.4 Å². The molecule has 0 atom stereocenters. The molecule has 1 N–H and O–H groups in total. The van der Waals surface area contributed by atoms with E-state index >= 15 is 0 Å². The fraction of sp³-hybridized carbons (Fsp3) is 0.185. The van der Waals surface area contributed by atoms with Crippen molar-refractivity contribution in [3.63, 3.8) is 0 Å². The lowest BCUT2D eigenvalue weighted by Gasteiger charge is -2.14. The number of ether oxygens (including phenoxy) is 2. The number of hydrogen-bond donors (Lipinski definition) is 1. The van der Waals surface area contributed by atoms with Crippen LogP contribution in [0.15, 0.2) is 60.2 Å². The number of amides is 1. The maximum atomic E-state index is 12.7. The minimum atomic E-state index is -0.458. The Morgan fingerprint density at radius 1 is 1.06 bits per heavy atom. The lowest BCUT2D eigenvalue weighted by atomic mass is 10.1. The van der Waals surface area contributed by atoms with E-state index in [0.717, 1.165) is 20.3 Å². The van der Waals surface area contributed by atoms with Gasteiger partial charge in [-0.3, -0.25) is 4.79 Å². The average molecular weight is 552 g/mol. The van der Waals surface area contributed by atoms with Crippen LogP contribution in [0.5, 0.6) is 11.5 Å². The van der Waals surface area contributed by atoms with E-state index in [1.54, 1.807) is 19.3 Å². The minimum absolute atomic E-state index is 0.00193. The van der Waals surface area contributed by atoms with Crippen LogP contribution in [-0.4, -0.2) is 13.0 Å². The highest BCUT2D eigenvalue weighted by Gasteiger charge is 2.15. The summed E-state index contributed by atoms with van der Waals surface area (Å²) in [6, 6.07) is 19.6. The number of nitrogens with zero attached hydrogens (tertiary/aromatic N) is 1. The summed E-state index contributed by atoms with van der Waals surface area (Å²) in [6.07, 6.45) is 1.55. The number of aryl methyl sites for hydroxylation is 3. The third kappa shape index (κ3) is 6.36. The molecule has 0 aliphatic carbocycles. The van der Waals surface area contributed by atoms with Gasteiger partial charge in [0.1, 0.15) is 18.2 Å². The number of benzene rings is 3. The molecule has 1 amide bonds. The smallest absolute Gasteiger partial charge is 0.266 e. The van der Waals surface area contributed by atoms with Crippen molar-refractivity contribution in [2.75, 3.05) is 12.4 Å². The number of anilines is 1. The number of carbonyl (C=O) groups is 1. The minimum Gasteiger partial charge on any atom is -0.493 e. The molecule has 0 aliphatic rings. The van der Waals surface area contributed by atoms with Crippen LogP contribution < -0.4 is 14.8 Å². The monoisotopic (exact) mass is 552 g/mol. The second-order valence-corrected chi connectivity index (χ2v) is 8.91. The predicted octanol–water partition coefficient (Wildman–Crippen LogP) is 6.35. The summed E-state index contributed by atoms with van der Waals surface area (Å²) in [4.78, 5) is 12.7. The molecule has 0 aliphatic heterocycles. The maximum Gasteiger partial charge on any atom is 0.266 e. The van der Waals surface area contributed by atoms with Crippen LogP contribution in [0.3, 0.4) is 0 Å². The van der Waals surface area contributed by atoms with Crippen molar-refractivity contribution in [2.24, 2.45) is 0 Å². The molecular weight excluding hydrogens is 527 g/mol. The zero-order valence-electron chi connectivity index (χ0n) is 19.0. The number of halogens is 1. The molecule has 0 spiro atoms. The molecular formula is C27H25IN2O3. The van der Waals surface area contributed by atoms with Gasteiger partial charge >= 0.3 is 0 Å². The zero-order chi connectivity index (χ0) is 24.0. The first kappa shape index (κ1) is 24.3. The van der Waals surface area contributed by atoms with E-state index in [-0.39, 0.29) is 5.57 Å². The molecule has 0 aromatic heterocycles. The quantitative estimate of drug-likeness (QED) is 0.211. The van der Waals surface area contributed by atoms with E-state index in [0.29, 0.717) is 29.4 Å². The number of carbonyl (C=O) groups excluding carboxylic acids is 1. The number of methoxy groups -OCH3 is 1. The van der Waals surface area contributed by atoms with Crippen molar-refractivity contribution in [1.82, 2.24) is 0 Å². The van der Waals surface area contributed by atoms with Crippen molar-refractivity contribution >= 4 is 40.3 Å². The first-order chi connectivity index (χ1) is 15.8. The van der Waals surface area contributed by atoms with Gasteiger partial charge in [0.05, 0.1) is 10.7 Å². The highest BCUT2D eigenvalue weighted by Crippen LogP contribution is 2.35. The van der Waals surface area contributed by atoms with Crippen molar-refractivity contribution in [3.05, 3.63) is 91.6 Å². The van der Waals surface area contributed by atoms with Crippen LogP contribution in [-0.2, 0) is 11.4 Å². The van der Waals surface area contributed by atoms with Crippen LogP contribution in [0.4, 0.5) is 5.69 Å². The van der Waals surface area contributed by atoms with Gasteiger partial charge in [-0.2, -0.15) is 5.26 Å². The third-order valence-electron chi connectivity index (χ3n) is 5.07. The van der Waals surface area contributed by atoms with Gasteiger partial charge in [0.2, 0.25) is 0 Å². The third-order valence-corrected chi connectivity index (χ3v) is 5.87. The maximum absolute atomic E-state index is 12.7. The Morgan fingerprint density at radius 3 is 2.42 bits per heavy atom. The van der Waals surface area contributed by atoms with Gasteiger partial charge in [0, 0.05) is 5.69 Å². The summed E-state index contributed by atoms with van der Waals surface area (Å²) in [5.74, 6) is 0.696. The van der Waals surface area contributed by atoms with Gasteiger partial charge in [0.25, 0.3) is 5.91 Å². The summed E-state index contributed by atoms with van der Waals surface area (Å²) in [6.45, 7) is 6.31. The molecule has 3 rings (SSSR count). The van der Waals surface area contributed by atoms with Crippen molar-refractivity contribution < 1.29 is 14.3 Å². The van der Waals surface area contributed by atoms with E-state index in [9.17, 15) is 10.1 Å². The molecule has 3 aromatic rings. The number of nitrogens with one attached hydrogen (secondary N) is 1. The Balaban J connectivity index is 1.83. The Morgan fingerprint density at radius 2 is 1.76 bits per heavy atom. The van der Waals surface area contributed by atoms with Crippen LogP contribution >= 0.6 is 22.6 Å². The topological polar surface area (TPSA) is 71.3 Å². The van der Waals surface area contributed by atoms with Crippen LogP contribution in [0.2, 0.25) is 0 Å². The molecule has 0 heterocycles. The summed E-state index contributed by atoms with van der Waals surface area (Å²) < 4.78 is 12.4. The molecule has 3 aromatic carbocycles. The lowest BCUT2D eigenvalue weighted by Crippen LogP contribution is -2.14. The summed E-state index contributed by atoms with van der Waals surface area (Å²) >= 11 is 2.17. The average Bonchev–Trinajstić information content (AvgIpc) is 2.79. The fourth-order valence-corrected chi connectivity index (χ4v) is 3.96. The number of hydrogen-bond acceptors (Lipinski definition) is 4. The van der Waals surface area contributed by atoms with Crippen molar-refractivity contribution in [2.45, 2.75) is 27.4 Å². The molecule has 33 heavy (non-hydrogen) atoms. The lowest BCUT2D eigenvalue weighted by molar-refractivity contribution is -0.112. The number of rotatable bonds is 7. The molecule has 5 nitrogen and oxygen atoms in total. The molecule has 0 fully saturated rings. The van der Waals surface area contributed by atoms with Gasteiger partial charge in [-0.15, -0.1) is 0 Å². The van der Waals surface area contributed by atoms with E-state index in [1.165, 1.54) is 5.56 Å². The van der Waals surface area contributed by atoms with Crippen LogP contribution in [0.25, 0.3) is 6.08 Å². The summed E-state index contributed by atoms with van der Waals surface area (Å²) in [5, 5.41) is 12.4. The molecule has 168 valence electrons. The predicted molar refractivity (Wildman–Crippen MR) is 139 cm³/mol. The van der Waals surface area contributed by atoms with Gasteiger partial charge in [-0.1, -0.05) is 42.0 Å². The Hall–Kier alpha value is -3.31. The molecule has 6 heteroatoms. The first-order valence-corrected chi connectivity index (χ1v) is 11.4. The van der Waals surface area contributed by atoms with Crippen molar-refractivity contribution in [3.8, 4) is 17.6 Å². The highest BCUT2D eigenvalue weighted by molar-refractivity contribution is 14.1. The van der Waals surface area contributed by atoms with E-state index < -0.39 is 5.91 Å². The Kier molecular flexibility index (Phi) is 8.12. The summed E-state index contributed by atoms with van der Waals surface area (Å²) in [7, 11) is 1.57. The second kappa shape index (κ2) is 11.0. The largest absolute Gasteiger partial charge is 0.493 e. The van der Waals surface area contributed by atoms with E-state index in [2.05, 4.69) is 27.9 Å². The molecule has 0 unspecified atom stereocenters. The molecule has 0 radical (unpaired) electrons. The van der Waals surface area contributed by atoms with E-state index in [4.69, 9.17) is 9.47 Å². The Labute approximate surface area is 208 Å². The SMILES string of the molecule is COc1cc(/C=C(/C#N)C(=O)Nc2cc(C)ccc2C)cc(I)c1OCc1ccc(C)cc1. The molecule has 0 bridgehead atoms. The second-order valence-electron chi connectivity index (χ2n) is 7.75. The van der Waals surface area contributed by atoms with Gasteiger partial charge < -0.3 is 14.8 Å². The van der Waals surface area contributed by atoms with Crippen LogP contribution in [0.1, 0.15) is 27.8 Å². The Bertz CT molecular complexity index is 1240. The molecule has 0 saturated heterocycles. The molecule has 0 saturated carbocycles. The van der Waals surface area contributed by atoms with Gasteiger partial charge in [-0.25, -0.2) is 0 Å². The first-order valence-electron chi connectivity index (χ1n) is 10.4. The standard InChI is InChI=1S/C27H25IN2O3/c1-17-6-9-20(10-7-17)16-33-26-23(28)13-21(14-25(26)32-4)12-22(15-29)27(31)30-24-11-18(2)5-8-19(24)3/h5-14H,16H2,1-4H3,(H,30,31)/b22-12-. The van der Waals surface area contributed by atoms with Gasteiger partial charge in [-0.05, 0) is 89.9 Å². The fourth-order valence-electron chi connectivity index (χ4n) is 3.18. The van der Waals surface area contributed by atoms with Gasteiger partial charge in [0.15, 0.2) is 11.5 Å². The normalized spacial score (nSPS) is 11.0. The summed E-state index contributed by atoms with van der Waals surface area (Å²) in [5.41, 5.74) is 5.56. The zero-order valence-corrected chi connectivity index (χ0v) is 21.2.